The molecule has 4 nitrogen and oxygen atoms in total. The van der Waals surface area contributed by atoms with Gasteiger partial charge in [-0.2, -0.15) is 0 Å². The van der Waals surface area contributed by atoms with Gasteiger partial charge in [-0.05, 0) is 57.5 Å². The molecule has 1 atom stereocenters. The molecular weight excluding hydrogens is 240 g/mol. The summed E-state index contributed by atoms with van der Waals surface area (Å²) in [5.41, 5.74) is 5.65. The van der Waals surface area contributed by atoms with Gasteiger partial charge in [0.1, 0.15) is 5.54 Å². The van der Waals surface area contributed by atoms with Gasteiger partial charge in [0.05, 0.1) is 6.61 Å². The van der Waals surface area contributed by atoms with E-state index in [1.54, 1.807) is 0 Å². The number of hydrogen-bond donors (Lipinski definition) is 1. The van der Waals surface area contributed by atoms with E-state index in [0.717, 1.165) is 31.8 Å². The molecule has 2 N–H and O–H groups in total. The molecule has 0 bridgehead atoms. The van der Waals surface area contributed by atoms with Gasteiger partial charge in [-0.25, -0.2) is 4.79 Å². The van der Waals surface area contributed by atoms with Gasteiger partial charge in [0.25, 0.3) is 0 Å². The summed E-state index contributed by atoms with van der Waals surface area (Å²) in [7, 11) is 0. The third kappa shape index (κ3) is 3.48. The van der Waals surface area contributed by atoms with Crippen LogP contribution in [0.2, 0.25) is 0 Å². The van der Waals surface area contributed by atoms with E-state index in [0.29, 0.717) is 19.1 Å². The Morgan fingerprint density at radius 2 is 1.89 bits per heavy atom. The summed E-state index contributed by atoms with van der Waals surface area (Å²) in [4.78, 5) is 14.5. The molecule has 0 amide bonds. The van der Waals surface area contributed by atoms with Gasteiger partial charge in [0, 0.05) is 6.54 Å². The Balaban J connectivity index is 1.92. The number of esters is 1. The fourth-order valence-corrected chi connectivity index (χ4v) is 3.15. The highest BCUT2D eigenvalue weighted by Gasteiger charge is 2.50. The number of hydrogen-bond acceptors (Lipinski definition) is 4. The van der Waals surface area contributed by atoms with Gasteiger partial charge in [-0.3, -0.25) is 0 Å². The highest BCUT2D eigenvalue weighted by atomic mass is 16.5. The fraction of sp³-hybridized carbons (Fsp3) is 0.933. The topological polar surface area (TPSA) is 55.6 Å². The predicted octanol–water partition coefficient (Wildman–Crippen LogP) is 1.78. The maximum Gasteiger partial charge on any atom is 0.327 e. The second kappa shape index (κ2) is 6.23. The molecule has 0 aromatic heterocycles. The van der Waals surface area contributed by atoms with Crippen LogP contribution in [-0.4, -0.2) is 42.6 Å². The highest BCUT2D eigenvalue weighted by molar-refractivity contribution is 5.82. The molecule has 2 fully saturated rings. The van der Waals surface area contributed by atoms with Crippen LogP contribution in [0.3, 0.4) is 0 Å². The van der Waals surface area contributed by atoms with E-state index in [1.165, 1.54) is 19.3 Å². The van der Waals surface area contributed by atoms with E-state index in [9.17, 15) is 4.79 Å². The molecule has 19 heavy (non-hydrogen) atoms. The summed E-state index contributed by atoms with van der Waals surface area (Å²) in [6.45, 7) is 7.34. The van der Waals surface area contributed by atoms with Gasteiger partial charge >= 0.3 is 5.97 Å². The van der Waals surface area contributed by atoms with Crippen molar-refractivity contribution >= 4 is 5.97 Å². The van der Waals surface area contributed by atoms with Gasteiger partial charge in [0.2, 0.25) is 0 Å². The lowest BCUT2D eigenvalue weighted by atomic mass is 9.90. The molecule has 4 heteroatoms. The number of nitrogens with two attached hydrogens (primary N) is 1. The average molecular weight is 268 g/mol. The van der Waals surface area contributed by atoms with E-state index >= 15 is 0 Å². The van der Waals surface area contributed by atoms with Crippen molar-refractivity contribution in [3.8, 4) is 0 Å². The molecule has 0 spiro atoms. The Morgan fingerprint density at radius 3 is 2.37 bits per heavy atom. The van der Waals surface area contributed by atoms with Gasteiger partial charge in [0.15, 0.2) is 0 Å². The molecule has 1 heterocycles. The third-order valence-electron chi connectivity index (χ3n) is 4.73. The minimum Gasteiger partial charge on any atom is -0.465 e. The summed E-state index contributed by atoms with van der Waals surface area (Å²) in [6, 6.07) is 0. The number of piperidine rings is 1. The summed E-state index contributed by atoms with van der Waals surface area (Å²) in [6.07, 6.45) is 5.88. The maximum absolute atomic E-state index is 12.2. The molecule has 1 aliphatic heterocycles. The van der Waals surface area contributed by atoms with E-state index in [-0.39, 0.29) is 5.97 Å². The lowest BCUT2D eigenvalue weighted by Gasteiger charge is -2.37. The Bertz CT molecular complexity index is 309. The Hall–Kier alpha value is -0.610. The molecule has 1 saturated carbocycles. The third-order valence-corrected chi connectivity index (χ3v) is 4.73. The van der Waals surface area contributed by atoms with Crippen LogP contribution >= 0.6 is 0 Å². The second-order valence-corrected chi connectivity index (χ2v) is 6.16. The monoisotopic (exact) mass is 268 g/mol. The fourth-order valence-electron chi connectivity index (χ4n) is 3.15. The van der Waals surface area contributed by atoms with Crippen LogP contribution in [0.25, 0.3) is 0 Å². The highest BCUT2D eigenvalue weighted by Crippen LogP contribution is 2.40. The summed E-state index contributed by atoms with van der Waals surface area (Å²) in [5, 5.41) is 0. The Labute approximate surface area is 116 Å². The minimum absolute atomic E-state index is 0.199. The zero-order valence-corrected chi connectivity index (χ0v) is 12.4. The van der Waals surface area contributed by atoms with Crippen LogP contribution in [0.4, 0.5) is 0 Å². The van der Waals surface area contributed by atoms with Gasteiger partial charge in [-0.15, -0.1) is 0 Å². The number of likely N-dealkylation sites (tertiary alicyclic amines) is 1. The van der Waals surface area contributed by atoms with Crippen LogP contribution in [0.5, 0.6) is 0 Å². The lowest BCUT2D eigenvalue weighted by Crippen LogP contribution is -2.59. The first-order valence-corrected chi connectivity index (χ1v) is 7.78. The first-order valence-electron chi connectivity index (χ1n) is 7.78. The van der Waals surface area contributed by atoms with E-state index in [2.05, 4.69) is 11.8 Å². The van der Waals surface area contributed by atoms with Crippen LogP contribution in [0.1, 0.15) is 46.0 Å². The molecule has 110 valence electrons. The van der Waals surface area contributed by atoms with Crippen molar-refractivity contribution in [1.82, 2.24) is 4.90 Å². The van der Waals surface area contributed by atoms with E-state index in [4.69, 9.17) is 10.5 Å². The van der Waals surface area contributed by atoms with Crippen LogP contribution in [0.15, 0.2) is 0 Å². The molecule has 0 radical (unpaired) electrons. The molecule has 2 rings (SSSR count). The first-order chi connectivity index (χ1) is 9.10. The molecule has 0 aromatic carbocycles. The Morgan fingerprint density at radius 1 is 1.26 bits per heavy atom. The van der Waals surface area contributed by atoms with Crippen molar-refractivity contribution in [2.24, 2.45) is 17.6 Å². The minimum atomic E-state index is -0.769. The molecule has 1 unspecified atom stereocenters. The quantitative estimate of drug-likeness (QED) is 0.746. The van der Waals surface area contributed by atoms with Crippen LogP contribution < -0.4 is 5.73 Å². The van der Waals surface area contributed by atoms with E-state index in [1.807, 2.05) is 6.92 Å². The predicted molar refractivity (Wildman–Crippen MR) is 75.7 cm³/mol. The van der Waals surface area contributed by atoms with Crippen LogP contribution in [0, 0.1) is 11.8 Å². The molecular formula is C15H28N2O2. The van der Waals surface area contributed by atoms with E-state index < -0.39 is 5.54 Å². The zero-order valence-electron chi connectivity index (χ0n) is 12.4. The number of carbonyl (C=O) groups excluding carboxylic acids is 1. The molecule has 0 aromatic rings. The number of rotatable bonds is 6. The maximum atomic E-state index is 12.2. The van der Waals surface area contributed by atoms with Crippen molar-refractivity contribution in [2.75, 3.05) is 26.2 Å². The van der Waals surface area contributed by atoms with Crippen LogP contribution in [-0.2, 0) is 9.53 Å². The Kier molecular flexibility index (Phi) is 4.85. The van der Waals surface area contributed by atoms with Crippen molar-refractivity contribution in [1.29, 1.82) is 0 Å². The summed E-state index contributed by atoms with van der Waals surface area (Å²) < 4.78 is 5.20. The average Bonchev–Trinajstić information content (AvgIpc) is 3.24. The van der Waals surface area contributed by atoms with Gasteiger partial charge < -0.3 is 15.4 Å². The lowest BCUT2D eigenvalue weighted by molar-refractivity contribution is -0.151. The molecule has 1 aliphatic carbocycles. The standard InChI is InChI=1S/C15H28N2O2/c1-3-12-7-9-17(10-8-12)11-15(16,13-5-6-13)14(18)19-4-2/h12-13H,3-11,16H2,1-2H3. The second-order valence-electron chi connectivity index (χ2n) is 6.16. The largest absolute Gasteiger partial charge is 0.465 e. The van der Waals surface area contributed by atoms with Crippen molar-refractivity contribution < 1.29 is 9.53 Å². The number of carbonyl (C=O) groups is 1. The smallest absolute Gasteiger partial charge is 0.327 e. The number of nitrogens with zero attached hydrogens (tertiary/aromatic N) is 1. The van der Waals surface area contributed by atoms with Crippen molar-refractivity contribution in [3.63, 3.8) is 0 Å². The summed E-state index contributed by atoms with van der Waals surface area (Å²) >= 11 is 0. The van der Waals surface area contributed by atoms with Crippen molar-refractivity contribution in [3.05, 3.63) is 0 Å². The zero-order chi connectivity index (χ0) is 13.9. The molecule has 2 aliphatic rings. The SMILES string of the molecule is CCOC(=O)C(N)(CN1CCC(CC)CC1)C1CC1. The van der Waals surface area contributed by atoms with Gasteiger partial charge in [-0.1, -0.05) is 13.3 Å². The van der Waals surface area contributed by atoms with Crippen molar-refractivity contribution in [2.45, 2.75) is 51.5 Å². The molecule has 1 saturated heterocycles. The summed E-state index contributed by atoms with van der Waals surface area (Å²) in [5.74, 6) is 0.984. The first kappa shape index (κ1) is 14.8. The number of ether oxygens (including phenoxy) is 1. The normalized spacial score (nSPS) is 25.0.